The Bertz CT molecular complexity index is 389. The molecule has 4 N–H and O–H groups in total. The Morgan fingerprint density at radius 2 is 2.00 bits per heavy atom. The van der Waals surface area contributed by atoms with E-state index in [0.29, 0.717) is 0 Å². The molecule has 1 saturated heterocycles. The van der Waals surface area contributed by atoms with Crippen molar-refractivity contribution in [3.05, 3.63) is 0 Å². The van der Waals surface area contributed by atoms with Crippen molar-refractivity contribution < 1.29 is 23.1 Å². The summed E-state index contributed by atoms with van der Waals surface area (Å²) in [6.07, 6.45) is -1.94. The molecule has 8 nitrogen and oxygen atoms in total. The van der Waals surface area contributed by atoms with Crippen LogP contribution < -0.4 is 10.5 Å². The number of aliphatic hydroxyl groups is 1. The van der Waals surface area contributed by atoms with Crippen molar-refractivity contribution in [1.82, 2.24) is 9.03 Å². The first kappa shape index (κ1) is 15.3. The van der Waals surface area contributed by atoms with Gasteiger partial charge in [-0.2, -0.15) is 17.4 Å². The van der Waals surface area contributed by atoms with Gasteiger partial charge < -0.3 is 15.6 Å². The van der Waals surface area contributed by atoms with Crippen LogP contribution in [-0.4, -0.2) is 61.7 Å². The van der Waals surface area contributed by atoms with Gasteiger partial charge in [0.2, 0.25) is 5.91 Å². The number of hydrogen-bond acceptors (Lipinski definition) is 5. The number of nitrogens with one attached hydrogen (secondary N) is 1. The van der Waals surface area contributed by atoms with Crippen molar-refractivity contribution in [2.75, 3.05) is 19.6 Å². The molecule has 1 aliphatic rings. The summed E-state index contributed by atoms with van der Waals surface area (Å²) in [7, 11) is -3.74. The number of nitrogens with two attached hydrogens (primary N) is 1. The van der Waals surface area contributed by atoms with Gasteiger partial charge in [0.1, 0.15) is 6.10 Å². The minimum Gasteiger partial charge on any atom is -0.382 e. The highest BCUT2D eigenvalue weighted by atomic mass is 32.2. The van der Waals surface area contributed by atoms with Crippen molar-refractivity contribution in [1.29, 1.82) is 0 Å². The van der Waals surface area contributed by atoms with E-state index in [-0.39, 0.29) is 25.3 Å². The van der Waals surface area contributed by atoms with Crippen molar-refractivity contribution >= 4 is 16.1 Å². The summed E-state index contributed by atoms with van der Waals surface area (Å²) in [5.41, 5.74) is 4.83. The molecular formula is C9H19N3O5S. The predicted molar refractivity (Wildman–Crippen MR) is 63.7 cm³/mol. The molecule has 106 valence electrons. The van der Waals surface area contributed by atoms with E-state index in [2.05, 4.69) is 4.72 Å². The van der Waals surface area contributed by atoms with Gasteiger partial charge in [-0.05, 0) is 13.8 Å². The maximum atomic E-state index is 11.9. The maximum Gasteiger partial charge on any atom is 0.279 e. The molecule has 0 aromatic rings. The highest BCUT2D eigenvalue weighted by molar-refractivity contribution is 7.87. The molecule has 1 rings (SSSR count). The SMILES string of the molecule is CC1CN(S(=O)(=O)NCC(O)C(N)=O)CC(C)O1. The van der Waals surface area contributed by atoms with Gasteiger partial charge in [0, 0.05) is 19.6 Å². The lowest BCUT2D eigenvalue weighted by Gasteiger charge is -2.34. The zero-order valence-corrected chi connectivity index (χ0v) is 11.2. The first-order valence-electron chi connectivity index (χ1n) is 5.60. The van der Waals surface area contributed by atoms with Gasteiger partial charge in [-0.3, -0.25) is 4.79 Å². The van der Waals surface area contributed by atoms with Gasteiger partial charge in [0.25, 0.3) is 10.2 Å². The van der Waals surface area contributed by atoms with Crippen molar-refractivity contribution in [2.24, 2.45) is 5.73 Å². The molecule has 9 heteroatoms. The van der Waals surface area contributed by atoms with Crippen molar-refractivity contribution in [3.63, 3.8) is 0 Å². The number of primary amides is 1. The zero-order chi connectivity index (χ0) is 13.9. The third kappa shape index (κ3) is 4.18. The van der Waals surface area contributed by atoms with Crippen LogP contribution in [0.15, 0.2) is 0 Å². The van der Waals surface area contributed by atoms with Gasteiger partial charge in [-0.1, -0.05) is 0 Å². The van der Waals surface area contributed by atoms with E-state index in [1.54, 1.807) is 13.8 Å². The van der Waals surface area contributed by atoms with E-state index in [4.69, 9.17) is 15.6 Å². The second-order valence-electron chi connectivity index (χ2n) is 4.35. The second-order valence-corrected chi connectivity index (χ2v) is 6.10. The number of aliphatic hydroxyl groups excluding tert-OH is 1. The number of ether oxygens (including phenoxy) is 1. The lowest BCUT2D eigenvalue weighted by molar-refractivity contribution is -0.125. The van der Waals surface area contributed by atoms with Crippen LogP contribution in [0.5, 0.6) is 0 Å². The molecule has 1 amide bonds. The number of carbonyl (C=O) groups is 1. The summed E-state index contributed by atoms with van der Waals surface area (Å²) < 4.78 is 32.6. The number of rotatable bonds is 5. The molecule has 0 spiro atoms. The zero-order valence-electron chi connectivity index (χ0n) is 10.4. The molecule has 0 saturated carbocycles. The second kappa shape index (κ2) is 5.93. The van der Waals surface area contributed by atoms with E-state index < -0.39 is 28.8 Å². The topological polar surface area (TPSA) is 122 Å². The Labute approximate surface area is 106 Å². The number of morpholine rings is 1. The predicted octanol–water partition coefficient (Wildman–Crippen LogP) is -2.22. The minimum absolute atomic E-state index is 0.202. The highest BCUT2D eigenvalue weighted by Crippen LogP contribution is 2.13. The van der Waals surface area contributed by atoms with Crippen LogP contribution in [0.4, 0.5) is 0 Å². The molecule has 3 unspecified atom stereocenters. The molecule has 0 radical (unpaired) electrons. The maximum absolute atomic E-state index is 11.9. The van der Waals surface area contributed by atoms with E-state index in [1.165, 1.54) is 4.31 Å². The van der Waals surface area contributed by atoms with Crippen LogP contribution in [0, 0.1) is 0 Å². The minimum atomic E-state index is -3.74. The third-order valence-electron chi connectivity index (χ3n) is 2.51. The van der Waals surface area contributed by atoms with Crippen molar-refractivity contribution in [3.8, 4) is 0 Å². The summed E-state index contributed by atoms with van der Waals surface area (Å²) >= 11 is 0. The molecule has 18 heavy (non-hydrogen) atoms. The highest BCUT2D eigenvalue weighted by Gasteiger charge is 2.31. The lowest BCUT2D eigenvalue weighted by atomic mass is 10.3. The van der Waals surface area contributed by atoms with Gasteiger partial charge >= 0.3 is 0 Å². The van der Waals surface area contributed by atoms with Gasteiger partial charge in [-0.25, -0.2) is 0 Å². The van der Waals surface area contributed by atoms with Gasteiger partial charge in [-0.15, -0.1) is 0 Å². The molecule has 0 aliphatic carbocycles. The summed E-state index contributed by atoms with van der Waals surface area (Å²) in [5, 5.41) is 9.15. The number of hydrogen-bond donors (Lipinski definition) is 3. The average Bonchev–Trinajstić information content (AvgIpc) is 2.24. The standard InChI is InChI=1S/C9H19N3O5S/c1-6-4-12(5-7(2)17-6)18(15,16)11-3-8(13)9(10)14/h6-8,11,13H,3-5H2,1-2H3,(H2,10,14). The average molecular weight is 281 g/mol. The monoisotopic (exact) mass is 281 g/mol. The van der Waals surface area contributed by atoms with Crippen LogP contribution >= 0.6 is 0 Å². The Morgan fingerprint density at radius 1 is 1.50 bits per heavy atom. The number of amides is 1. The van der Waals surface area contributed by atoms with E-state index in [0.717, 1.165) is 0 Å². The molecule has 1 fully saturated rings. The fourth-order valence-corrected chi connectivity index (χ4v) is 3.07. The van der Waals surface area contributed by atoms with Crippen LogP contribution in [0.1, 0.15) is 13.8 Å². The lowest BCUT2D eigenvalue weighted by Crippen LogP contribution is -2.53. The smallest absolute Gasteiger partial charge is 0.279 e. The van der Waals surface area contributed by atoms with Gasteiger partial charge in [0.15, 0.2) is 0 Å². The molecule has 0 aromatic heterocycles. The van der Waals surface area contributed by atoms with Crippen LogP contribution in [-0.2, 0) is 19.7 Å². The van der Waals surface area contributed by atoms with Crippen LogP contribution in [0.25, 0.3) is 0 Å². The molecule has 0 aromatic carbocycles. The Morgan fingerprint density at radius 3 is 2.44 bits per heavy atom. The van der Waals surface area contributed by atoms with E-state index >= 15 is 0 Å². The van der Waals surface area contributed by atoms with Crippen LogP contribution in [0.3, 0.4) is 0 Å². The molecule has 3 atom stereocenters. The quantitative estimate of drug-likeness (QED) is 0.527. The normalized spacial score (nSPS) is 27.9. The Hall–Kier alpha value is -0.740. The largest absolute Gasteiger partial charge is 0.382 e. The molecular weight excluding hydrogens is 262 g/mol. The summed E-state index contributed by atoms with van der Waals surface area (Å²) in [4.78, 5) is 10.6. The first-order valence-corrected chi connectivity index (χ1v) is 7.04. The van der Waals surface area contributed by atoms with Crippen molar-refractivity contribution in [2.45, 2.75) is 32.2 Å². The Balaban J connectivity index is 2.60. The first-order chi connectivity index (χ1) is 8.22. The van der Waals surface area contributed by atoms with E-state index in [1.807, 2.05) is 0 Å². The number of carbonyl (C=O) groups excluding carboxylic acids is 1. The fourth-order valence-electron chi connectivity index (χ4n) is 1.70. The summed E-state index contributed by atoms with van der Waals surface area (Å²) in [6, 6.07) is 0. The molecule has 1 aliphatic heterocycles. The Kier molecular flexibility index (Phi) is 5.05. The van der Waals surface area contributed by atoms with E-state index in [9.17, 15) is 13.2 Å². The van der Waals surface area contributed by atoms with Gasteiger partial charge in [0.05, 0.1) is 12.2 Å². The van der Waals surface area contributed by atoms with Crippen LogP contribution in [0.2, 0.25) is 0 Å². The number of nitrogens with zero attached hydrogens (tertiary/aromatic N) is 1. The third-order valence-corrected chi connectivity index (χ3v) is 4.02. The molecule has 1 heterocycles. The summed E-state index contributed by atoms with van der Waals surface area (Å²) in [5.74, 6) is -0.971. The fraction of sp³-hybridized carbons (Fsp3) is 0.889. The summed E-state index contributed by atoms with van der Waals surface area (Å²) in [6.45, 7) is 3.57. The molecule has 0 bridgehead atoms.